The maximum atomic E-state index is 5.84. The second-order valence-corrected chi connectivity index (χ2v) is 4.31. The zero-order valence-corrected chi connectivity index (χ0v) is 11.0. The van der Waals surface area contributed by atoms with Gasteiger partial charge in [0, 0.05) is 29.6 Å². The monoisotopic (exact) mass is 262 g/mol. The van der Waals surface area contributed by atoms with Crippen LogP contribution in [0.2, 0.25) is 5.02 Å². The summed E-state index contributed by atoms with van der Waals surface area (Å²) in [4.78, 5) is 8.70. The molecule has 3 nitrogen and oxygen atoms in total. The lowest BCUT2D eigenvalue weighted by molar-refractivity contribution is 0.151. The van der Waals surface area contributed by atoms with Crippen molar-refractivity contribution >= 4 is 11.6 Å². The molecular formula is C14H15ClN2O. The summed E-state index contributed by atoms with van der Waals surface area (Å²) in [7, 11) is 0. The second-order valence-electron chi connectivity index (χ2n) is 3.87. The molecule has 0 atom stereocenters. The number of nitrogens with zero attached hydrogens (tertiary/aromatic N) is 2. The van der Waals surface area contributed by atoms with Crippen molar-refractivity contribution < 1.29 is 4.74 Å². The molecule has 2 rings (SSSR count). The molecule has 0 N–H and O–H groups in total. The molecule has 94 valence electrons. The first kappa shape index (κ1) is 13.0. The Labute approximate surface area is 112 Å². The van der Waals surface area contributed by atoms with Crippen LogP contribution in [0.5, 0.6) is 0 Å². The standard InChI is InChI=1S/C14H15ClN2O/c1-2-18-8-7-11-9-16-14(17-10-11)12-3-5-13(15)6-4-12/h3-6,9-10H,2,7-8H2,1H3. The van der Waals surface area contributed by atoms with Crippen LogP contribution in [0, 0.1) is 0 Å². The minimum absolute atomic E-state index is 0.708. The van der Waals surface area contributed by atoms with Crippen LogP contribution in [0.25, 0.3) is 11.4 Å². The predicted octanol–water partition coefficient (Wildman–Crippen LogP) is 3.38. The number of hydrogen-bond donors (Lipinski definition) is 0. The summed E-state index contributed by atoms with van der Waals surface area (Å²) in [6.07, 6.45) is 4.53. The van der Waals surface area contributed by atoms with Crippen LogP contribution in [0.3, 0.4) is 0 Å². The quantitative estimate of drug-likeness (QED) is 0.775. The predicted molar refractivity (Wildman–Crippen MR) is 72.7 cm³/mol. The van der Waals surface area contributed by atoms with E-state index >= 15 is 0 Å². The summed E-state index contributed by atoms with van der Waals surface area (Å²) in [5.41, 5.74) is 2.05. The van der Waals surface area contributed by atoms with Crippen LogP contribution < -0.4 is 0 Å². The molecule has 0 unspecified atom stereocenters. The van der Waals surface area contributed by atoms with Gasteiger partial charge in [0.25, 0.3) is 0 Å². The first-order valence-corrected chi connectivity index (χ1v) is 6.32. The van der Waals surface area contributed by atoms with Gasteiger partial charge in [-0.15, -0.1) is 0 Å². The highest BCUT2D eigenvalue weighted by atomic mass is 35.5. The minimum Gasteiger partial charge on any atom is -0.381 e. The maximum Gasteiger partial charge on any atom is 0.159 e. The number of rotatable bonds is 5. The van der Waals surface area contributed by atoms with Crippen molar-refractivity contribution in [1.82, 2.24) is 9.97 Å². The number of aromatic nitrogens is 2. The lowest BCUT2D eigenvalue weighted by Crippen LogP contribution is -1.99. The fourth-order valence-corrected chi connectivity index (χ4v) is 1.69. The van der Waals surface area contributed by atoms with Crippen molar-refractivity contribution in [2.75, 3.05) is 13.2 Å². The van der Waals surface area contributed by atoms with Gasteiger partial charge in [-0.05, 0) is 43.2 Å². The highest BCUT2D eigenvalue weighted by Gasteiger charge is 2.01. The zero-order valence-electron chi connectivity index (χ0n) is 10.3. The lowest BCUT2D eigenvalue weighted by atomic mass is 10.2. The molecule has 0 aliphatic heterocycles. The zero-order chi connectivity index (χ0) is 12.8. The molecule has 2 aromatic rings. The van der Waals surface area contributed by atoms with Gasteiger partial charge in [-0.3, -0.25) is 0 Å². The Balaban J connectivity index is 2.05. The SMILES string of the molecule is CCOCCc1cnc(-c2ccc(Cl)cc2)nc1. The van der Waals surface area contributed by atoms with E-state index in [2.05, 4.69) is 9.97 Å². The van der Waals surface area contributed by atoms with Crippen LogP contribution in [0.1, 0.15) is 12.5 Å². The molecule has 1 aromatic heterocycles. The Morgan fingerprint density at radius 2 is 1.78 bits per heavy atom. The fraction of sp³-hybridized carbons (Fsp3) is 0.286. The number of ether oxygens (including phenoxy) is 1. The molecule has 0 saturated heterocycles. The van der Waals surface area contributed by atoms with Crippen LogP contribution in [-0.2, 0) is 11.2 Å². The fourth-order valence-electron chi connectivity index (χ4n) is 1.57. The third-order valence-electron chi connectivity index (χ3n) is 2.55. The Hall–Kier alpha value is -1.45. The number of hydrogen-bond acceptors (Lipinski definition) is 3. The van der Waals surface area contributed by atoms with Crippen molar-refractivity contribution in [2.24, 2.45) is 0 Å². The summed E-state index contributed by atoms with van der Waals surface area (Å²) in [6.45, 7) is 3.43. The van der Waals surface area contributed by atoms with Gasteiger partial charge in [-0.2, -0.15) is 0 Å². The van der Waals surface area contributed by atoms with E-state index in [4.69, 9.17) is 16.3 Å². The molecular weight excluding hydrogens is 248 g/mol. The van der Waals surface area contributed by atoms with Gasteiger partial charge < -0.3 is 4.74 Å². The highest BCUT2D eigenvalue weighted by Crippen LogP contribution is 2.17. The molecule has 0 radical (unpaired) electrons. The molecule has 0 spiro atoms. The molecule has 0 aliphatic carbocycles. The van der Waals surface area contributed by atoms with Crippen LogP contribution in [0.15, 0.2) is 36.7 Å². The van der Waals surface area contributed by atoms with E-state index in [1.807, 2.05) is 43.6 Å². The molecule has 18 heavy (non-hydrogen) atoms. The highest BCUT2D eigenvalue weighted by molar-refractivity contribution is 6.30. The summed E-state index contributed by atoms with van der Waals surface area (Å²) < 4.78 is 5.30. The van der Waals surface area contributed by atoms with Crippen molar-refractivity contribution in [3.63, 3.8) is 0 Å². The molecule has 0 fully saturated rings. The first-order chi connectivity index (χ1) is 8.79. The van der Waals surface area contributed by atoms with Gasteiger partial charge in [0.15, 0.2) is 5.82 Å². The van der Waals surface area contributed by atoms with E-state index in [0.29, 0.717) is 17.5 Å². The van der Waals surface area contributed by atoms with Gasteiger partial charge in [-0.25, -0.2) is 9.97 Å². The van der Waals surface area contributed by atoms with Gasteiger partial charge in [0.05, 0.1) is 6.61 Å². The number of halogens is 1. The first-order valence-electron chi connectivity index (χ1n) is 5.94. The largest absolute Gasteiger partial charge is 0.381 e. The second kappa shape index (κ2) is 6.47. The van der Waals surface area contributed by atoms with E-state index in [1.165, 1.54) is 0 Å². The van der Waals surface area contributed by atoms with E-state index < -0.39 is 0 Å². The average molecular weight is 263 g/mol. The lowest BCUT2D eigenvalue weighted by Gasteiger charge is -2.03. The van der Waals surface area contributed by atoms with Crippen molar-refractivity contribution in [3.05, 3.63) is 47.2 Å². The van der Waals surface area contributed by atoms with Crippen molar-refractivity contribution in [3.8, 4) is 11.4 Å². The van der Waals surface area contributed by atoms with E-state index in [9.17, 15) is 0 Å². The maximum absolute atomic E-state index is 5.84. The van der Waals surface area contributed by atoms with Crippen LogP contribution in [0.4, 0.5) is 0 Å². The van der Waals surface area contributed by atoms with Gasteiger partial charge in [0.1, 0.15) is 0 Å². The van der Waals surface area contributed by atoms with E-state index in [0.717, 1.165) is 24.2 Å². The molecule has 0 saturated carbocycles. The Bertz CT molecular complexity index is 482. The molecule has 0 aliphatic rings. The average Bonchev–Trinajstić information content (AvgIpc) is 2.41. The summed E-state index contributed by atoms with van der Waals surface area (Å²) in [6, 6.07) is 7.50. The summed E-state index contributed by atoms with van der Waals surface area (Å²) in [5.74, 6) is 0.715. The number of benzene rings is 1. The normalized spacial score (nSPS) is 10.6. The third kappa shape index (κ3) is 3.52. The molecule has 0 bridgehead atoms. The van der Waals surface area contributed by atoms with Crippen molar-refractivity contribution in [2.45, 2.75) is 13.3 Å². The topological polar surface area (TPSA) is 35.0 Å². The van der Waals surface area contributed by atoms with Crippen LogP contribution in [-0.4, -0.2) is 23.2 Å². The Morgan fingerprint density at radius 1 is 1.11 bits per heavy atom. The smallest absolute Gasteiger partial charge is 0.159 e. The summed E-state index contributed by atoms with van der Waals surface area (Å²) in [5, 5.41) is 0.715. The Morgan fingerprint density at radius 3 is 2.39 bits per heavy atom. The molecule has 1 aromatic carbocycles. The third-order valence-corrected chi connectivity index (χ3v) is 2.80. The molecule has 4 heteroatoms. The summed E-state index contributed by atoms with van der Waals surface area (Å²) >= 11 is 5.84. The van der Waals surface area contributed by atoms with Gasteiger partial charge in [-0.1, -0.05) is 11.6 Å². The minimum atomic E-state index is 0.708. The van der Waals surface area contributed by atoms with E-state index in [-0.39, 0.29) is 0 Å². The van der Waals surface area contributed by atoms with E-state index in [1.54, 1.807) is 0 Å². The van der Waals surface area contributed by atoms with Crippen molar-refractivity contribution in [1.29, 1.82) is 0 Å². The van der Waals surface area contributed by atoms with Gasteiger partial charge >= 0.3 is 0 Å². The van der Waals surface area contributed by atoms with Gasteiger partial charge in [0.2, 0.25) is 0 Å². The Kier molecular flexibility index (Phi) is 4.67. The van der Waals surface area contributed by atoms with Crippen LogP contribution >= 0.6 is 11.6 Å². The molecule has 1 heterocycles. The molecule has 0 amide bonds.